The molecule has 1 aliphatic rings. The molecule has 0 aromatic heterocycles. The lowest BCUT2D eigenvalue weighted by Crippen LogP contribution is -3.28. The molecule has 0 radical (unpaired) electrons. The summed E-state index contributed by atoms with van der Waals surface area (Å²) in [4.78, 5) is 3.10. The molecule has 0 amide bonds. The molecule has 1 aliphatic heterocycles. The Morgan fingerprint density at radius 1 is 1.09 bits per heavy atom. The number of aliphatic hydroxyl groups excluding tert-OH is 1. The van der Waals surface area contributed by atoms with Crippen LogP contribution in [0.15, 0.2) is 24.3 Å². The Kier molecular flexibility index (Phi) is 7.12. The molecule has 3 N–H and O–H groups in total. The maximum Gasteiger partial charge on any atom is 0.127 e. The molecular weight excluding hydrogens is 300 g/mol. The number of benzene rings is 1. The Hall–Kier alpha value is -0.650. The van der Waals surface area contributed by atoms with Crippen LogP contribution >= 0.6 is 11.6 Å². The highest BCUT2D eigenvalue weighted by atomic mass is 35.5. The van der Waals surface area contributed by atoms with Crippen LogP contribution in [0.25, 0.3) is 0 Å². The van der Waals surface area contributed by atoms with Crippen molar-refractivity contribution in [1.29, 1.82) is 0 Å². The van der Waals surface area contributed by atoms with Gasteiger partial charge in [0.1, 0.15) is 45.4 Å². The second-order valence-electron chi connectivity index (χ2n) is 6.54. The van der Waals surface area contributed by atoms with Gasteiger partial charge in [-0.1, -0.05) is 23.7 Å². The Morgan fingerprint density at radius 3 is 2.27 bits per heavy atom. The molecule has 1 heterocycles. The summed E-state index contributed by atoms with van der Waals surface area (Å²) in [6, 6.07) is 8.15. The molecule has 1 aromatic carbocycles. The van der Waals surface area contributed by atoms with Crippen molar-refractivity contribution in [2.45, 2.75) is 32.6 Å². The molecule has 5 heteroatoms. The lowest BCUT2D eigenvalue weighted by atomic mass is 10.2. The Labute approximate surface area is 138 Å². The second kappa shape index (κ2) is 8.85. The van der Waals surface area contributed by atoms with Gasteiger partial charge in [0.15, 0.2) is 0 Å². The number of halogens is 1. The van der Waals surface area contributed by atoms with Crippen LogP contribution in [0.2, 0.25) is 5.02 Å². The van der Waals surface area contributed by atoms with Crippen molar-refractivity contribution in [3.8, 4) is 0 Å². The van der Waals surface area contributed by atoms with Gasteiger partial charge in [0, 0.05) is 10.6 Å². The molecule has 0 bridgehead atoms. The second-order valence-corrected chi connectivity index (χ2v) is 6.98. The minimum atomic E-state index is -0.352. The maximum absolute atomic E-state index is 10.0. The summed E-state index contributed by atoms with van der Waals surface area (Å²) in [5, 5.41) is 10.8. The van der Waals surface area contributed by atoms with Crippen LogP contribution in [0.1, 0.15) is 19.4 Å². The summed E-state index contributed by atoms with van der Waals surface area (Å²) >= 11 is 5.92. The smallest absolute Gasteiger partial charge is 0.127 e. The van der Waals surface area contributed by atoms with E-state index in [1.807, 2.05) is 26.0 Å². The largest absolute Gasteiger partial charge is 0.385 e. The number of ether oxygens (including phenoxy) is 1. The minimum absolute atomic E-state index is 0.185. The van der Waals surface area contributed by atoms with Crippen molar-refractivity contribution in [3.63, 3.8) is 0 Å². The number of nitrogens with one attached hydrogen (secondary N) is 2. The first-order valence-electron chi connectivity index (χ1n) is 8.24. The molecule has 1 atom stereocenters. The molecule has 4 nitrogen and oxygen atoms in total. The van der Waals surface area contributed by atoms with E-state index in [1.165, 1.54) is 10.5 Å². The fourth-order valence-corrected chi connectivity index (χ4v) is 3.05. The highest BCUT2D eigenvalue weighted by Gasteiger charge is 2.25. The van der Waals surface area contributed by atoms with Gasteiger partial charge in [-0.2, -0.15) is 0 Å². The highest BCUT2D eigenvalue weighted by Crippen LogP contribution is 2.08. The zero-order valence-electron chi connectivity index (χ0n) is 13.6. The summed E-state index contributed by atoms with van der Waals surface area (Å²) in [6.07, 6.45) is -0.166. The molecule has 124 valence electrons. The van der Waals surface area contributed by atoms with Crippen LogP contribution in [0.4, 0.5) is 0 Å². The standard InChI is InChI=1S/C17H27ClN2O2/c1-14(2)22-13-17(21)12-20-9-7-19(8-10-20)11-15-3-5-16(18)6-4-15/h3-6,14,17,21H,7-13H2,1-2H3/p+2/t17-/m1/s1. The van der Waals surface area contributed by atoms with E-state index < -0.39 is 0 Å². The Morgan fingerprint density at radius 2 is 1.68 bits per heavy atom. The van der Waals surface area contributed by atoms with Gasteiger partial charge in [0.05, 0.1) is 12.7 Å². The van der Waals surface area contributed by atoms with Crippen molar-refractivity contribution < 1.29 is 19.6 Å². The first-order valence-corrected chi connectivity index (χ1v) is 8.62. The molecule has 1 fully saturated rings. The van der Waals surface area contributed by atoms with Gasteiger partial charge in [-0.3, -0.25) is 0 Å². The molecule has 0 spiro atoms. The van der Waals surface area contributed by atoms with Crippen molar-refractivity contribution >= 4 is 11.6 Å². The fourth-order valence-electron chi connectivity index (χ4n) is 2.92. The molecule has 0 saturated carbocycles. The zero-order valence-corrected chi connectivity index (χ0v) is 14.4. The molecule has 2 rings (SSSR count). The third-order valence-corrected chi connectivity index (χ3v) is 4.43. The van der Waals surface area contributed by atoms with E-state index in [2.05, 4.69) is 12.1 Å². The van der Waals surface area contributed by atoms with E-state index >= 15 is 0 Å². The van der Waals surface area contributed by atoms with Crippen LogP contribution in [0.5, 0.6) is 0 Å². The van der Waals surface area contributed by atoms with E-state index in [0.29, 0.717) is 6.61 Å². The van der Waals surface area contributed by atoms with Crippen molar-refractivity contribution in [2.75, 3.05) is 39.3 Å². The van der Waals surface area contributed by atoms with Gasteiger partial charge in [0.25, 0.3) is 0 Å². The summed E-state index contributed by atoms with van der Waals surface area (Å²) in [5.74, 6) is 0. The first-order chi connectivity index (χ1) is 10.5. The number of aliphatic hydroxyl groups is 1. The van der Waals surface area contributed by atoms with Crippen molar-refractivity contribution in [1.82, 2.24) is 0 Å². The van der Waals surface area contributed by atoms with Gasteiger partial charge < -0.3 is 19.6 Å². The van der Waals surface area contributed by atoms with E-state index in [0.717, 1.165) is 44.3 Å². The molecule has 1 aromatic rings. The van der Waals surface area contributed by atoms with Crippen LogP contribution in [-0.4, -0.2) is 56.6 Å². The van der Waals surface area contributed by atoms with E-state index in [9.17, 15) is 5.11 Å². The maximum atomic E-state index is 10.0. The van der Waals surface area contributed by atoms with Crippen LogP contribution in [0, 0.1) is 0 Å². The van der Waals surface area contributed by atoms with Gasteiger partial charge in [-0.25, -0.2) is 0 Å². The topological polar surface area (TPSA) is 38.3 Å². The third-order valence-electron chi connectivity index (χ3n) is 4.18. The summed E-state index contributed by atoms with van der Waals surface area (Å²) in [6.45, 7) is 10.8. The van der Waals surface area contributed by atoms with Crippen LogP contribution in [0.3, 0.4) is 0 Å². The minimum Gasteiger partial charge on any atom is -0.385 e. The summed E-state index contributed by atoms with van der Waals surface area (Å²) < 4.78 is 5.48. The molecule has 0 aliphatic carbocycles. The third kappa shape index (κ3) is 6.23. The first kappa shape index (κ1) is 17.7. The SMILES string of the molecule is CC(C)OC[C@H](O)C[NH+]1CC[NH+](Cc2ccc(Cl)cc2)CC1. The monoisotopic (exact) mass is 328 g/mol. The molecule has 1 saturated heterocycles. The Bertz CT molecular complexity index is 431. The van der Waals surface area contributed by atoms with Gasteiger partial charge in [-0.05, 0) is 26.0 Å². The van der Waals surface area contributed by atoms with Gasteiger partial charge in [0.2, 0.25) is 0 Å². The molecule has 22 heavy (non-hydrogen) atoms. The number of hydrogen-bond donors (Lipinski definition) is 3. The predicted octanol–water partition coefficient (Wildman–Crippen LogP) is -0.591. The van der Waals surface area contributed by atoms with Gasteiger partial charge in [-0.15, -0.1) is 0 Å². The van der Waals surface area contributed by atoms with E-state index in [1.54, 1.807) is 4.90 Å². The number of quaternary nitrogens is 2. The normalized spacial score (nSPS) is 23.7. The van der Waals surface area contributed by atoms with Gasteiger partial charge >= 0.3 is 0 Å². The predicted molar refractivity (Wildman–Crippen MR) is 88.5 cm³/mol. The van der Waals surface area contributed by atoms with E-state index in [4.69, 9.17) is 16.3 Å². The summed E-state index contributed by atoms with van der Waals surface area (Å²) in [7, 11) is 0. The van der Waals surface area contributed by atoms with Crippen molar-refractivity contribution in [2.24, 2.45) is 0 Å². The average molecular weight is 329 g/mol. The molecular formula is C17H29ClN2O2+2. The lowest BCUT2D eigenvalue weighted by molar-refractivity contribution is -1.02. The fraction of sp³-hybridized carbons (Fsp3) is 0.647. The number of piperazine rings is 1. The summed E-state index contributed by atoms with van der Waals surface area (Å²) in [5.41, 5.74) is 1.34. The lowest BCUT2D eigenvalue weighted by Gasteiger charge is -2.31. The molecule has 0 unspecified atom stereocenters. The van der Waals surface area contributed by atoms with Crippen LogP contribution in [-0.2, 0) is 11.3 Å². The average Bonchev–Trinajstić information content (AvgIpc) is 2.49. The van der Waals surface area contributed by atoms with Crippen molar-refractivity contribution in [3.05, 3.63) is 34.9 Å². The number of hydrogen-bond acceptors (Lipinski definition) is 2. The Balaban J connectivity index is 1.68. The number of rotatable bonds is 7. The quantitative estimate of drug-likeness (QED) is 0.626. The van der Waals surface area contributed by atoms with E-state index in [-0.39, 0.29) is 12.2 Å². The highest BCUT2D eigenvalue weighted by molar-refractivity contribution is 6.30. The zero-order chi connectivity index (χ0) is 15.9. The van der Waals surface area contributed by atoms with Crippen LogP contribution < -0.4 is 9.80 Å².